The summed E-state index contributed by atoms with van der Waals surface area (Å²) in [6, 6.07) is 9.75. The van der Waals surface area contributed by atoms with Crippen LogP contribution in [-0.2, 0) is 9.53 Å². The number of hydrogen-bond donors (Lipinski definition) is 1. The lowest BCUT2D eigenvalue weighted by Gasteiger charge is -2.53. The number of nitrogens with one attached hydrogen (secondary N) is 1. The molecule has 2 bridgehead atoms. The fraction of sp³-hybridized carbons (Fsp3) is 0.444. The van der Waals surface area contributed by atoms with E-state index in [9.17, 15) is 4.79 Å². The minimum Gasteiger partial charge on any atom is -0.359 e. The van der Waals surface area contributed by atoms with Crippen LogP contribution in [0.5, 0.6) is 0 Å². The minimum absolute atomic E-state index is 0.0326. The fourth-order valence-corrected chi connectivity index (χ4v) is 7.00. The number of amides is 1. The van der Waals surface area contributed by atoms with Crippen LogP contribution in [0.2, 0.25) is 0 Å². The van der Waals surface area contributed by atoms with Gasteiger partial charge in [-0.2, -0.15) is 0 Å². The van der Waals surface area contributed by atoms with Crippen LogP contribution >= 0.6 is 0 Å². The Labute approximate surface area is 178 Å². The van der Waals surface area contributed by atoms with E-state index < -0.39 is 0 Å². The lowest BCUT2D eigenvalue weighted by molar-refractivity contribution is -0.128. The highest BCUT2D eigenvalue weighted by Gasteiger charge is 2.65. The van der Waals surface area contributed by atoms with Gasteiger partial charge in [0, 0.05) is 29.0 Å². The van der Waals surface area contributed by atoms with Crippen LogP contribution in [0.25, 0.3) is 0 Å². The number of fused-ring (bicyclic) bond motifs is 1. The summed E-state index contributed by atoms with van der Waals surface area (Å²) in [5, 5.41) is 3.11. The molecule has 30 heavy (non-hydrogen) atoms. The van der Waals surface area contributed by atoms with Crippen molar-refractivity contribution in [2.45, 2.75) is 63.1 Å². The molecule has 3 nitrogen and oxygen atoms in total. The van der Waals surface area contributed by atoms with E-state index in [1.165, 1.54) is 16.7 Å². The molecule has 1 saturated heterocycles. The summed E-state index contributed by atoms with van der Waals surface area (Å²) in [4.78, 5) is 13.2. The highest BCUT2D eigenvalue weighted by atomic mass is 16.5. The van der Waals surface area contributed by atoms with Gasteiger partial charge in [-0.25, -0.2) is 0 Å². The van der Waals surface area contributed by atoms with Crippen LogP contribution in [0, 0.1) is 11.3 Å². The van der Waals surface area contributed by atoms with Gasteiger partial charge in [-0.15, -0.1) is 0 Å². The Kier molecular flexibility index (Phi) is 3.72. The largest absolute Gasteiger partial charge is 0.359 e. The molecule has 2 fully saturated rings. The number of hydrogen-bond acceptors (Lipinski definition) is 2. The van der Waals surface area contributed by atoms with Gasteiger partial charge in [-0.3, -0.25) is 4.79 Å². The van der Waals surface area contributed by atoms with Gasteiger partial charge in [0.15, 0.2) is 0 Å². The molecular weight excluding hydrogens is 370 g/mol. The molecule has 0 radical (unpaired) electrons. The molecule has 5 aliphatic rings. The molecule has 2 heterocycles. The molecule has 1 N–H and O–H groups in total. The molecule has 154 valence electrons. The molecule has 3 heteroatoms. The second kappa shape index (κ2) is 6.07. The lowest BCUT2D eigenvalue weighted by Crippen LogP contribution is -2.53. The van der Waals surface area contributed by atoms with Gasteiger partial charge >= 0.3 is 0 Å². The summed E-state index contributed by atoms with van der Waals surface area (Å²) < 4.78 is 7.11. The first-order valence-corrected chi connectivity index (χ1v) is 11.3. The summed E-state index contributed by atoms with van der Waals surface area (Å²) in [6.45, 7) is 6.56. The van der Waals surface area contributed by atoms with Gasteiger partial charge in [-0.05, 0) is 61.8 Å². The number of benzene rings is 1. The summed E-state index contributed by atoms with van der Waals surface area (Å²) in [5.41, 5.74) is 5.37. The van der Waals surface area contributed by atoms with Crippen molar-refractivity contribution >= 4 is 11.6 Å². The minimum atomic E-state index is -0.251. The summed E-state index contributed by atoms with van der Waals surface area (Å²) in [6.07, 6.45) is 14.1. The van der Waals surface area contributed by atoms with Crippen molar-refractivity contribution in [3.63, 3.8) is 0 Å². The number of anilines is 1. The van der Waals surface area contributed by atoms with Gasteiger partial charge in [0.2, 0.25) is 0 Å². The van der Waals surface area contributed by atoms with E-state index in [1.807, 2.05) is 30.3 Å². The van der Waals surface area contributed by atoms with E-state index in [-0.39, 0.29) is 22.5 Å². The smallest absolute Gasteiger partial charge is 0.251 e. The van der Waals surface area contributed by atoms with Gasteiger partial charge in [0.25, 0.3) is 5.91 Å². The van der Waals surface area contributed by atoms with Crippen LogP contribution in [0.4, 0.5) is 5.69 Å². The van der Waals surface area contributed by atoms with Gasteiger partial charge < -0.3 is 10.1 Å². The van der Waals surface area contributed by atoms with Crippen LogP contribution in [0.3, 0.4) is 0 Å². The van der Waals surface area contributed by atoms with Gasteiger partial charge in [0.05, 0.1) is 11.2 Å². The topological polar surface area (TPSA) is 38.3 Å². The predicted molar refractivity (Wildman–Crippen MR) is 119 cm³/mol. The molecule has 2 spiro atoms. The lowest BCUT2D eigenvalue weighted by atomic mass is 9.59. The maximum Gasteiger partial charge on any atom is 0.251 e. The average Bonchev–Trinajstić information content (AvgIpc) is 3.24. The second-order valence-electron chi connectivity index (χ2n) is 10.1. The Hall–Kier alpha value is -2.39. The van der Waals surface area contributed by atoms with Crippen molar-refractivity contribution in [3.05, 3.63) is 77.4 Å². The quantitative estimate of drug-likeness (QED) is 0.631. The summed E-state index contributed by atoms with van der Waals surface area (Å²) in [5.74, 6) is 0.346. The predicted octanol–water partition coefficient (Wildman–Crippen LogP) is 5.88. The molecule has 2 aliphatic heterocycles. The number of rotatable bonds is 2. The average molecular weight is 400 g/mol. The summed E-state index contributed by atoms with van der Waals surface area (Å²) >= 11 is 0. The third-order valence-corrected chi connectivity index (χ3v) is 8.49. The zero-order valence-corrected chi connectivity index (χ0v) is 17.7. The molecule has 1 aromatic rings. The molecular formula is C27H29NO2. The first-order valence-electron chi connectivity index (χ1n) is 11.3. The standard InChI is InChI=1S/C27H29NO2/c1-18-8-9-19-16-20-12-13-25(2)22(24(29)28-21-6-4-3-5-7-21)10-11-23(25)27(20)15-14-26(19,17-18)30-27/h3-7,10,12,16,23H,1,8-9,11,13-15,17H2,2H3,(H,28,29)/t23-,25-,26?,27-/m1/s1. The van der Waals surface area contributed by atoms with Crippen molar-refractivity contribution in [2.24, 2.45) is 11.3 Å². The fourth-order valence-electron chi connectivity index (χ4n) is 7.00. The van der Waals surface area contributed by atoms with Crippen LogP contribution in [0.1, 0.15) is 51.9 Å². The van der Waals surface area contributed by atoms with Crippen LogP contribution < -0.4 is 5.32 Å². The SMILES string of the molecule is C=C1CCC2=CC3=CC[C@]4(C)C(C(=O)Nc5ccccc5)=CC[C@H]4[C@@]34CCC2(C1)O4. The normalized spacial score (nSPS) is 38.6. The second-order valence-corrected chi connectivity index (χ2v) is 10.1. The Bertz CT molecular complexity index is 1050. The third kappa shape index (κ3) is 2.33. The van der Waals surface area contributed by atoms with Crippen molar-refractivity contribution < 1.29 is 9.53 Å². The molecule has 3 aliphatic carbocycles. The van der Waals surface area contributed by atoms with Crippen molar-refractivity contribution in [1.29, 1.82) is 0 Å². The molecule has 0 aromatic heterocycles. The highest BCUT2D eigenvalue weighted by molar-refractivity contribution is 6.05. The van der Waals surface area contributed by atoms with E-state index in [4.69, 9.17) is 4.74 Å². The maximum atomic E-state index is 13.2. The van der Waals surface area contributed by atoms with E-state index >= 15 is 0 Å². The Morgan fingerprint density at radius 3 is 2.83 bits per heavy atom. The highest BCUT2D eigenvalue weighted by Crippen LogP contribution is 2.66. The number of carbonyl (C=O) groups excluding carboxylic acids is 1. The van der Waals surface area contributed by atoms with Crippen molar-refractivity contribution in [3.8, 4) is 0 Å². The maximum absolute atomic E-state index is 13.2. The van der Waals surface area contributed by atoms with Crippen molar-refractivity contribution in [2.75, 3.05) is 5.32 Å². The molecule has 1 unspecified atom stereocenters. The van der Waals surface area contributed by atoms with Gasteiger partial charge in [0.1, 0.15) is 0 Å². The molecule has 1 saturated carbocycles. The number of para-hydroxylation sites is 1. The zero-order valence-electron chi connectivity index (χ0n) is 17.7. The number of allylic oxidation sites excluding steroid dienone is 2. The van der Waals surface area contributed by atoms with E-state index in [1.54, 1.807) is 0 Å². The molecule has 1 aromatic carbocycles. The summed E-state index contributed by atoms with van der Waals surface area (Å²) in [7, 11) is 0. The Balaban J connectivity index is 1.35. The zero-order chi connectivity index (χ0) is 20.6. The Morgan fingerprint density at radius 2 is 2.00 bits per heavy atom. The number of ether oxygens (including phenoxy) is 1. The van der Waals surface area contributed by atoms with E-state index in [2.05, 4.69) is 37.0 Å². The molecule has 4 atom stereocenters. The first kappa shape index (κ1) is 18.4. The monoisotopic (exact) mass is 399 g/mol. The molecule has 1 amide bonds. The van der Waals surface area contributed by atoms with Crippen LogP contribution in [-0.4, -0.2) is 17.1 Å². The van der Waals surface area contributed by atoms with E-state index in [0.29, 0.717) is 5.92 Å². The molecule has 6 rings (SSSR count). The first-order chi connectivity index (χ1) is 14.5. The van der Waals surface area contributed by atoms with E-state index in [0.717, 1.165) is 56.2 Å². The van der Waals surface area contributed by atoms with Crippen LogP contribution in [0.15, 0.2) is 77.4 Å². The van der Waals surface area contributed by atoms with Crippen molar-refractivity contribution in [1.82, 2.24) is 0 Å². The third-order valence-electron chi connectivity index (χ3n) is 8.49. The number of carbonyl (C=O) groups is 1. The van der Waals surface area contributed by atoms with Gasteiger partial charge in [-0.1, -0.05) is 55.5 Å². The Morgan fingerprint density at radius 1 is 1.17 bits per heavy atom.